The molecular weight excluding hydrogens is 148 g/mol. The zero-order chi connectivity index (χ0) is 8.97. The second-order valence-corrected chi connectivity index (χ2v) is 2.54. The van der Waals surface area contributed by atoms with Crippen LogP contribution in [0.5, 0.6) is 0 Å². The van der Waals surface area contributed by atoms with Gasteiger partial charge in [0.1, 0.15) is 0 Å². The first-order valence-electron chi connectivity index (χ1n) is 3.67. The highest BCUT2D eigenvalue weighted by Crippen LogP contribution is 2.17. The highest BCUT2D eigenvalue weighted by molar-refractivity contribution is 5.68. The van der Waals surface area contributed by atoms with Gasteiger partial charge in [0.05, 0.1) is 6.07 Å². The molecule has 0 bridgehead atoms. The smallest absolute Gasteiger partial charge is 0.0912 e. The molecule has 2 nitrogen and oxygen atoms in total. The molecule has 2 N–H and O–H groups in total. The van der Waals surface area contributed by atoms with Crippen LogP contribution in [0.25, 0.3) is 6.08 Å². The highest BCUT2D eigenvalue weighted by atomic mass is 14.6. The van der Waals surface area contributed by atoms with Gasteiger partial charge in [-0.05, 0) is 24.6 Å². The molecule has 1 rings (SSSR count). The Morgan fingerprint density at radius 2 is 2.25 bits per heavy atom. The topological polar surface area (TPSA) is 49.8 Å². The number of nitrogen functional groups attached to an aromatic ring is 1. The lowest BCUT2D eigenvalue weighted by molar-refractivity contribution is 1.44. The van der Waals surface area contributed by atoms with Gasteiger partial charge in [-0.3, -0.25) is 0 Å². The first-order valence-corrected chi connectivity index (χ1v) is 3.67. The number of nitrogens with two attached hydrogens (primary N) is 1. The van der Waals surface area contributed by atoms with Crippen molar-refractivity contribution in [1.29, 1.82) is 5.26 Å². The fourth-order valence-corrected chi connectivity index (χ4v) is 1.05. The Bertz CT molecular complexity index is 325. The van der Waals surface area contributed by atoms with Gasteiger partial charge in [0.15, 0.2) is 0 Å². The summed E-state index contributed by atoms with van der Waals surface area (Å²) in [6.07, 6.45) is 3.16. The van der Waals surface area contributed by atoms with Gasteiger partial charge in [-0.2, -0.15) is 5.26 Å². The van der Waals surface area contributed by atoms with Gasteiger partial charge in [-0.15, -0.1) is 0 Å². The van der Waals surface area contributed by atoms with Crippen LogP contribution in [-0.4, -0.2) is 0 Å². The fourth-order valence-electron chi connectivity index (χ4n) is 1.05. The largest absolute Gasteiger partial charge is 0.398 e. The van der Waals surface area contributed by atoms with Crippen molar-refractivity contribution < 1.29 is 0 Å². The maximum Gasteiger partial charge on any atom is 0.0912 e. The summed E-state index contributed by atoms with van der Waals surface area (Å²) in [6.45, 7) is 1.97. The predicted octanol–water partition coefficient (Wildman–Crippen LogP) is 2.11. The van der Waals surface area contributed by atoms with E-state index in [1.54, 1.807) is 6.08 Å². The summed E-state index contributed by atoms with van der Waals surface area (Å²) in [5.74, 6) is 0. The van der Waals surface area contributed by atoms with Gasteiger partial charge in [0, 0.05) is 17.3 Å². The molecule has 0 saturated heterocycles. The molecule has 60 valence electrons. The van der Waals surface area contributed by atoms with Crippen molar-refractivity contribution in [2.75, 3.05) is 5.73 Å². The van der Waals surface area contributed by atoms with Gasteiger partial charge in [0.25, 0.3) is 0 Å². The number of benzene rings is 1. The van der Waals surface area contributed by atoms with E-state index in [1.165, 1.54) is 6.08 Å². The van der Waals surface area contributed by atoms with Gasteiger partial charge in [-0.1, -0.05) is 12.1 Å². The summed E-state index contributed by atoms with van der Waals surface area (Å²) in [7, 11) is 0. The van der Waals surface area contributed by atoms with Crippen LogP contribution in [-0.2, 0) is 0 Å². The van der Waals surface area contributed by atoms with Crippen LogP contribution in [0.3, 0.4) is 0 Å². The molecule has 0 spiro atoms. The molecule has 0 unspecified atom stereocenters. The van der Waals surface area contributed by atoms with Crippen LogP contribution in [0.1, 0.15) is 11.1 Å². The molecule has 0 aromatic heterocycles. The monoisotopic (exact) mass is 158 g/mol. The molecule has 0 saturated carbocycles. The molecule has 0 amide bonds. The van der Waals surface area contributed by atoms with Crippen molar-refractivity contribution in [2.45, 2.75) is 6.92 Å². The SMILES string of the molecule is Cc1cccc(N)c1C=CC#N. The summed E-state index contributed by atoms with van der Waals surface area (Å²) in [5.41, 5.74) is 8.43. The van der Waals surface area contributed by atoms with Gasteiger partial charge < -0.3 is 5.73 Å². The third kappa shape index (κ3) is 1.64. The fraction of sp³-hybridized carbons (Fsp3) is 0.100. The number of hydrogen-bond acceptors (Lipinski definition) is 2. The normalized spacial score (nSPS) is 10.0. The number of nitriles is 1. The van der Waals surface area contributed by atoms with E-state index in [-0.39, 0.29) is 0 Å². The maximum absolute atomic E-state index is 8.33. The Kier molecular flexibility index (Phi) is 2.49. The molecule has 0 fully saturated rings. The van der Waals surface area contributed by atoms with E-state index in [0.29, 0.717) is 5.69 Å². The minimum Gasteiger partial charge on any atom is -0.398 e. The van der Waals surface area contributed by atoms with Crippen molar-refractivity contribution in [3.8, 4) is 6.07 Å². The average molecular weight is 158 g/mol. The van der Waals surface area contributed by atoms with E-state index in [9.17, 15) is 0 Å². The Morgan fingerprint density at radius 1 is 1.50 bits per heavy atom. The lowest BCUT2D eigenvalue weighted by Gasteiger charge is -2.02. The molecule has 12 heavy (non-hydrogen) atoms. The lowest BCUT2D eigenvalue weighted by Crippen LogP contribution is -1.90. The third-order valence-corrected chi connectivity index (χ3v) is 1.68. The van der Waals surface area contributed by atoms with Crippen LogP contribution < -0.4 is 5.73 Å². The van der Waals surface area contributed by atoms with Crippen LogP contribution in [0.15, 0.2) is 24.3 Å². The summed E-state index contributed by atoms with van der Waals surface area (Å²) in [6, 6.07) is 7.62. The molecule has 1 aromatic carbocycles. The molecule has 0 atom stereocenters. The predicted molar refractivity (Wildman–Crippen MR) is 50.2 cm³/mol. The number of allylic oxidation sites excluding steroid dienone is 1. The molecule has 0 aliphatic carbocycles. The number of aryl methyl sites for hydroxylation is 1. The van der Waals surface area contributed by atoms with Crippen molar-refractivity contribution in [3.05, 3.63) is 35.4 Å². The minimum atomic E-state index is 0.710. The Hall–Kier alpha value is -1.75. The Morgan fingerprint density at radius 3 is 2.83 bits per heavy atom. The van der Waals surface area contributed by atoms with Crippen molar-refractivity contribution in [1.82, 2.24) is 0 Å². The zero-order valence-corrected chi connectivity index (χ0v) is 6.91. The number of anilines is 1. The van der Waals surface area contributed by atoms with Gasteiger partial charge in [-0.25, -0.2) is 0 Å². The quantitative estimate of drug-likeness (QED) is 0.502. The summed E-state index contributed by atoms with van der Waals surface area (Å²) >= 11 is 0. The van der Waals surface area contributed by atoms with Crippen molar-refractivity contribution in [2.24, 2.45) is 0 Å². The summed E-state index contributed by atoms with van der Waals surface area (Å²) in [5, 5.41) is 8.33. The second-order valence-electron chi connectivity index (χ2n) is 2.54. The van der Waals surface area contributed by atoms with Crippen LogP contribution in [0.2, 0.25) is 0 Å². The molecule has 2 heteroatoms. The van der Waals surface area contributed by atoms with Gasteiger partial charge in [0.2, 0.25) is 0 Å². The van der Waals surface area contributed by atoms with E-state index < -0.39 is 0 Å². The number of rotatable bonds is 1. The number of nitrogens with zero attached hydrogens (tertiary/aromatic N) is 1. The molecule has 0 radical (unpaired) electrons. The summed E-state index contributed by atoms with van der Waals surface area (Å²) in [4.78, 5) is 0. The van der Waals surface area contributed by atoms with Crippen LogP contribution >= 0.6 is 0 Å². The zero-order valence-electron chi connectivity index (χ0n) is 6.91. The van der Waals surface area contributed by atoms with Crippen LogP contribution in [0.4, 0.5) is 5.69 Å². The Labute approximate surface area is 71.9 Å². The average Bonchev–Trinajstić information content (AvgIpc) is 2.04. The van der Waals surface area contributed by atoms with E-state index in [0.717, 1.165) is 11.1 Å². The standard InChI is InChI=1S/C10H10N2/c1-8-4-2-6-10(12)9(8)5-3-7-11/h2-6H,12H2,1H3. The molecular formula is C10H10N2. The van der Waals surface area contributed by atoms with Crippen LogP contribution in [0, 0.1) is 18.3 Å². The summed E-state index contributed by atoms with van der Waals surface area (Å²) < 4.78 is 0. The molecule has 0 aliphatic rings. The third-order valence-electron chi connectivity index (χ3n) is 1.68. The minimum absolute atomic E-state index is 0.710. The second kappa shape index (κ2) is 3.59. The lowest BCUT2D eigenvalue weighted by atomic mass is 10.1. The van der Waals surface area contributed by atoms with Gasteiger partial charge >= 0.3 is 0 Å². The molecule has 1 aromatic rings. The first kappa shape index (κ1) is 8.35. The Balaban J connectivity index is 3.15. The highest BCUT2D eigenvalue weighted by Gasteiger charge is 1.96. The van der Waals surface area contributed by atoms with Crippen molar-refractivity contribution in [3.63, 3.8) is 0 Å². The van der Waals surface area contributed by atoms with E-state index in [2.05, 4.69) is 0 Å². The molecule has 0 aliphatic heterocycles. The van der Waals surface area contributed by atoms with E-state index in [4.69, 9.17) is 11.0 Å². The number of hydrogen-bond donors (Lipinski definition) is 1. The van der Waals surface area contributed by atoms with Crippen molar-refractivity contribution >= 4 is 11.8 Å². The van der Waals surface area contributed by atoms with E-state index in [1.807, 2.05) is 31.2 Å². The van der Waals surface area contributed by atoms with E-state index >= 15 is 0 Å². The maximum atomic E-state index is 8.33. The molecule has 0 heterocycles. The first-order chi connectivity index (χ1) is 5.75.